The highest BCUT2D eigenvalue weighted by molar-refractivity contribution is 5.78. The zero-order valence-corrected chi connectivity index (χ0v) is 21.5. The van der Waals surface area contributed by atoms with E-state index in [2.05, 4.69) is 34.9 Å². The number of hydrogen-bond donors (Lipinski definition) is 2. The fourth-order valence-corrected chi connectivity index (χ4v) is 5.15. The van der Waals surface area contributed by atoms with Crippen LogP contribution in [0.15, 0.2) is 18.2 Å². The highest BCUT2D eigenvalue weighted by Gasteiger charge is 2.35. The number of likely N-dealkylation sites (tertiary alicyclic amines) is 1. The van der Waals surface area contributed by atoms with Gasteiger partial charge in [0.2, 0.25) is 5.91 Å². The van der Waals surface area contributed by atoms with E-state index in [1.54, 1.807) is 6.92 Å². The van der Waals surface area contributed by atoms with Crippen LogP contribution in [0, 0.1) is 0 Å². The van der Waals surface area contributed by atoms with E-state index < -0.39 is 6.23 Å². The number of nitrogens with zero attached hydrogens (tertiary/aromatic N) is 3. The number of nitrogens with two attached hydrogens (primary N) is 1. The first kappa shape index (κ1) is 26.9. The number of fused-ring (bicyclic) bond motifs is 1. The highest BCUT2D eigenvalue weighted by Crippen LogP contribution is 2.36. The molecule has 2 aliphatic rings. The lowest BCUT2D eigenvalue weighted by Gasteiger charge is -2.30. The van der Waals surface area contributed by atoms with Crippen LogP contribution >= 0.6 is 0 Å². The molecule has 192 valence electrons. The lowest BCUT2D eigenvalue weighted by Crippen LogP contribution is -2.44. The van der Waals surface area contributed by atoms with Gasteiger partial charge in [-0.1, -0.05) is 25.5 Å². The third-order valence-corrected chi connectivity index (χ3v) is 7.52. The van der Waals surface area contributed by atoms with Crippen molar-refractivity contribution in [2.75, 3.05) is 52.9 Å². The molecule has 0 radical (unpaired) electrons. The number of rotatable bonds is 14. The van der Waals surface area contributed by atoms with Crippen LogP contribution in [0.25, 0.3) is 0 Å². The first-order chi connectivity index (χ1) is 16.4. The van der Waals surface area contributed by atoms with E-state index in [1.165, 1.54) is 11.1 Å². The Labute approximate surface area is 206 Å². The van der Waals surface area contributed by atoms with Gasteiger partial charge in [-0.25, -0.2) is 0 Å². The first-order valence-electron chi connectivity index (χ1n) is 13.3. The molecule has 1 amide bonds. The number of hydrogen-bond acceptors (Lipinski definition) is 6. The summed E-state index contributed by atoms with van der Waals surface area (Å²) in [5.74, 6) is 1.68. The number of carbonyl (C=O) groups is 1. The van der Waals surface area contributed by atoms with Crippen LogP contribution in [0.3, 0.4) is 0 Å². The molecule has 1 saturated heterocycles. The van der Waals surface area contributed by atoms with Crippen molar-refractivity contribution in [1.82, 2.24) is 14.7 Å². The van der Waals surface area contributed by atoms with E-state index >= 15 is 0 Å². The normalized spacial score (nSPS) is 21.0. The van der Waals surface area contributed by atoms with Crippen LogP contribution in [0.4, 0.5) is 0 Å². The molecule has 7 heteroatoms. The Bertz CT molecular complexity index is 772. The minimum atomic E-state index is -0.462. The van der Waals surface area contributed by atoms with E-state index in [9.17, 15) is 9.90 Å². The summed E-state index contributed by atoms with van der Waals surface area (Å²) >= 11 is 0. The van der Waals surface area contributed by atoms with Gasteiger partial charge in [-0.15, -0.1) is 0 Å². The van der Waals surface area contributed by atoms with Gasteiger partial charge in [0.25, 0.3) is 0 Å². The molecule has 3 atom stereocenters. The predicted molar refractivity (Wildman–Crippen MR) is 137 cm³/mol. The first-order valence-corrected chi connectivity index (χ1v) is 13.3. The molecule has 0 spiro atoms. The van der Waals surface area contributed by atoms with Crippen molar-refractivity contribution < 1.29 is 14.6 Å². The number of aliphatic hydroxyl groups excluding tert-OH is 1. The van der Waals surface area contributed by atoms with Crippen LogP contribution in [-0.2, 0) is 11.2 Å². The minimum absolute atomic E-state index is 0.238. The van der Waals surface area contributed by atoms with Crippen molar-refractivity contribution >= 4 is 5.91 Å². The van der Waals surface area contributed by atoms with Crippen LogP contribution in [0.5, 0.6) is 5.75 Å². The van der Waals surface area contributed by atoms with E-state index in [0.29, 0.717) is 25.0 Å². The van der Waals surface area contributed by atoms with E-state index in [4.69, 9.17) is 10.5 Å². The van der Waals surface area contributed by atoms with Gasteiger partial charge in [-0.3, -0.25) is 14.6 Å². The van der Waals surface area contributed by atoms with Crippen molar-refractivity contribution in [3.05, 3.63) is 29.3 Å². The summed E-state index contributed by atoms with van der Waals surface area (Å²) in [6.07, 6.45) is 6.56. The van der Waals surface area contributed by atoms with Gasteiger partial charge in [-0.05, 0) is 75.7 Å². The van der Waals surface area contributed by atoms with Crippen LogP contribution < -0.4 is 10.5 Å². The van der Waals surface area contributed by atoms with Crippen molar-refractivity contribution in [1.29, 1.82) is 0 Å². The Morgan fingerprint density at radius 1 is 1.26 bits per heavy atom. The molecule has 0 bridgehead atoms. The third kappa shape index (κ3) is 7.41. The molecular formula is C27H46N4O3. The molecule has 3 rings (SSSR count). The maximum atomic E-state index is 13.4. The zero-order chi connectivity index (χ0) is 24.5. The number of ether oxygens (including phenoxy) is 1. The second-order valence-electron chi connectivity index (χ2n) is 10.1. The molecular weight excluding hydrogens is 428 g/mol. The Hall–Kier alpha value is -1.67. The van der Waals surface area contributed by atoms with Crippen molar-refractivity contribution in [3.63, 3.8) is 0 Å². The number of amides is 1. The van der Waals surface area contributed by atoms with Gasteiger partial charge in [0.05, 0.1) is 13.2 Å². The maximum absolute atomic E-state index is 13.4. The third-order valence-electron chi connectivity index (χ3n) is 7.52. The predicted octanol–water partition coefficient (Wildman–Crippen LogP) is 2.81. The second kappa shape index (κ2) is 13.4. The Morgan fingerprint density at radius 3 is 2.79 bits per heavy atom. The summed E-state index contributed by atoms with van der Waals surface area (Å²) in [6, 6.07) is 6.97. The van der Waals surface area contributed by atoms with Gasteiger partial charge in [0, 0.05) is 38.6 Å². The monoisotopic (exact) mass is 474 g/mol. The largest absolute Gasteiger partial charge is 0.493 e. The molecule has 0 aliphatic carbocycles. The summed E-state index contributed by atoms with van der Waals surface area (Å²) in [6.45, 7) is 9.24. The zero-order valence-electron chi connectivity index (χ0n) is 21.5. The van der Waals surface area contributed by atoms with Gasteiger partial charge < -0.3 is 20.5 Å². The Kier molecular flexibility index (Phi) is 10.6. The number of unbranched alkanes of at least 4 members (excludes halogenated alkanes) is 2. The van der Waals surface area contributed by atoms with E-state index in [1.807, 2.05) is 11.9 Å². The molecule has 34 heavy (non-hydrogen) atoms. The summed E-state index contributed by atoms with van der Waals surface area (Å²) in [5.41, 5.74) is 8.35. The van der Waals surface area contributed by atoms with Gasteiger partial charge in [0.1, 0.15) is 12.0 Å². The molecule has 0 aromatic heterocycles. The summed E-state index contributed by atoms with van der Waals surface area (Å²) < 4.78 is 5.70. The minimum Gasteiger partial charge on any atom is -0.493 e. The average Bonchev–Trinajstić information content (AvgIpc) is 3.45. The Morgan fingerprint density at radius 2 is 2.06 bits per heavy atom. The van der Waals surface area contributed by atoms with E-state index in [-0.39, 0.29) is 5.91 Å². The molecule has 1 unspecified atom stereocenters. The molecule has 7 nitrogen and oxygen atoms in total. The molecule has 3 N–H and O–H groups in total. The Balaban J connectivity index is 1.69. The molecule has 0 saturated carbocycles. The van der Waals surface area contributed by atoms with Gasteiger partial charge >= 0.3 is 0 Å². The van der Waals surface area contributed by atoms with Gasteiger partial charge in [-0.2, -0.15) is 0 Å². The summed E-state index contributed by atoms with van der Waals surface area (Å²) in [5, 5.41) is 9.91. The molecule has 1 fully saturated rings. The van der Waals surface area contributed by atoms with Crippen molar-refractivity contribution in [2.24, 2.45) is 5.73 Å². The van der Waals surface area contributed by atoms with Gasteiger partial charge in [0.15, 0.2) is 0 Å². The smallest absolute Gasteiger partial charge is 0.236 e. The van der Waals surface area contributed by atoms with Crippen LogP contribution in [0.2, 0.25) is 0 Å². The lowest BCUT2D eigenvalue weighted by molar-refractivity contribution is -0.132. The van der Waals surface area contributed by atoms with E-state index in [0.717, 1.165) is 83.5 Å². The number of benzene rings is 1. The number of aliphatic hydroxyl groups is 1. The molecule has 2 heterocycles. The molecule has 1 aromatic rings. The maximum Gasteiger partial charge on any atom is 0.236 e. The highest BCUT2D eigenvalue weighted by atomic mass is 16.5. The number of carbonyl (C=O) groups excluding carboxylic acids is 1. The fourth-order valence-electron chi connectivity index (χ4n) is 5.15. The topological polar surface area (TPSA) is 82.3 Å². The average molecular weight is 475 g/mol. The van der Waals surface area contributed by atoms with Crippen molar-refractivity contribution in [3.8, 4) is 5.75 Å². The summed E-state index contributed by atoms with van der Waals surface area (Å²) in [7, 11) is 1.96. The second-order valence-corrected chi connectivity index (χ2v) is 10.1. The SMILES string of the molecule is CCCCN(CCCCN)C(=O)CN1C[C@H](c2ccc3c(c2)CCO3)C[C@@H]1CCN(C)C(C)O. The quantitative estimate of drug-likeness (QED) is 0.319. The van der Waals surface area contributed by atoms with Crippen molar-refractivity contribution in [2.45, 2.75) is 77.0 Å². The fraction of sp³-hybridized carbons (Fsp3) is 0.741. The van der Waals surface area contributed by atoms with Crippen LogP contribution in [0.1, 0.15) is 69.4 Å². The molecule has 1 aromatic carbocycles. The summed E-state index contributed by atoms with van der Waals surface area (Å²) in [4.78, 5) is 19.8. The molecule has 2 aliphatic heterocycles. The standard InChI is InChI=1S/C27H46N4O3/c1-4-5-13-30(14-7-6-12-28)27(33)20-31-19-24(18-25(31)10-15-29(3)21(2)32)22-8-9-26-23(17-22)11-16-34-26/h8-9,17,21,24-25,32H,4-7,10-16,18-20,28H2,1-3H3/t21?,24-,25+/m1/s1. The lowest BCUT2D eigenvalue weighted by atomic mass is 9.93. The van der Waals surface area contributed by atoms with Crippen LogP contribution in [-0.4, -0.2) is 90.9 Å².